The van der Waals surface area contributed by atoms with Crippen LogP contribution >= 0.6 is 0 Å². The second-order valence-electron chi connectivity index (χ2n) is 12.2. The van der Waals surface area contributed by atoms with E-state index < -0.39 is 10.8 Å². The molecule has 4 N–H and O–H groups in total. The predicted molar refractivity (Wildman–Crippen MR) is 175 cm³/mol. The molecular weight excluding hydrogens is 576 g/mol. The van der Waals surface area contributed by atoms with Crippen LogP contribution in [-0.4, -0.2) is 23.6 Å². The molecule has 0 radical (unpaired) electrons. The lowest BCUT2D eigenvalue weighted by Crippen LogP contribution is -2.43. The molecule has 0 spiro atoms. The molecule has 2 aliphatic rings. The summed E-state index contributed by atoms with van der Waals surface area (Å²) < 4.78 is 0. The largest absolute Gasteiger partial charge is 0.273 e. The predicted octanol–water partition coefficient (Wildman–Crippen LogP) is 4.85. The Kier molecular flexibility index (Phi) is 8.97. The molecule has 8 heteroatoms. The van der Waals surface area contributed by atoms with Gasteiger partial charge in [-0.05, 0) is 47.9 Å². The quantitative estimate of drug-likeness (QED) is 0.143. The summed E-state index contributed by atoms with van der Waals surface area (Å²) in [5, 5.41) is 0. The molecule has 2 saturated carbocycles. The number of carbonyl (C=O) groups excluding carboxylic acids is 4. The van der Waals surface area contributed by atoms with Crippen molar-refractivity contribution in [2.24, 2.45) is 11.8 Å². The van der Waals surface area contributed by atoms with E-state index in [0.717, 1.165) is 22.3 Å². The third kappa shape index (κ3) is 6.29. The average Bonchev–Trinajstić information content (AvgIpc) is 4.04. The number of benzene rings is 4. The molecule has 0 saturated heterocycles. The normalized spacial score (nSPS) is 18.4. The highest BCUT2D eigenvalue weighted by atomic mass is 16.2. The Labute approximate surface area is 268 Å². The van der Waals surface area contributed by atoms with Crippen LogP contribution in [0.4, 0.5) is 0 Å². The van der Waals surface area contributed by atoms with Crippen LogP contribution in [0.1, 0.15) is 60.8 Å². The molecule has 6 rings (SSSR count). The van der Waals surface area contributed by atoms with Gasteiger partial charge in [-0.25, -0.2) is 0 Å². The van der Waals surface area contributed by atoms with E-state index >= 15 is 0 Å². The Morgan fingerprint density at radius 3 is 1.02 bits per heavy atom. The number of amides is 4. The molecule has 0 bridgehead atoms. The molecule has 0 heterocycles. The minimum Gasteiger partial charge on any atom is -0.273 e. The first-order chi connectivity index (χ1) is 22.4. The summed E-state index contributed by atoms with van der Waals surface area (Å²) in [6, 6.07) is 39.9. The van der Waals surface area contributed by atoms with Crippen molar-refractivity contribution in [3.8, 4) is 0 Å². The van der Waals surface area contributed by atoms with Crippen molar-refractivity contribution in [1.29, 1.82) is 0 Å². The third-order valence-corrected chi connectivity index (χ3v) is 9.42. The molecule has 4 amide bonds. The van der Waals surface area contributed by atoms with Crippen LogP contribution in [0.25, 0.3) is 0 Å². The molecule has 0 unspecified atom stereocenters. The lowest BCUT2D eigenvalue weighted by molar-refractivity contribution is -0.130. The zero-order valence-electron chi connectivity index (χ0n) is 25.6. The summed E-state index contributed by atoms with van der Waals surface area (Å²) in [5.41, 5.74) is 13.7. The van der Waals surface area contributed by atoms with E-state index in [1.54, 1.807) is 0 Å². The second-order valence-corrected chi connectivity index (χ2v) is 12.2. The van der Waals surface area contributed by atoms with Gasteiger partial charge < -0.3 is 0 Å². The minimum atomic E-state index is -0.412. The van der Waals surface area contributed by atoms with Crippen LogP contribution in [0.3, 0.4) is 0 Å². The Balaban J connectivity index is 0.914. The molecule has 0 aliphatic heterocycles. The summed E-state index contributed by atoms with van der Waals surface area (Å²) in [7, 11) is 0. The van der Waals surface area contributed by atoms with Crippen molar-refractivity contribution in [2.75, 3.05) is 0 Å². The van der Waals surface area contributed by atoms with Gasteiger partial charge in [-0.1, -0.05) is 121 Å². The van der Waals surface area contributed by atoms with Gasteiger partial charge in [0.2, 0.25) is 23.6 Å². The number of hydrogen-bond donors (Lipinski definition) is 4. The molecule has 46 heavy (non-hydrogen) atoms. The molecule has 4 aromatic rings. The Morgan fingerprint density at radius 1 is 0.457 bits per heavy atom. The van der Waals surface area contributed by atoms with Crippen LogP contribution in [0.15, 0.2) is 121 Å². The summed E-state index contributed by atoms with van der Waals surface area (Å²) >= 11 is 0. The molecule has 2 aliphatic carbocycles. The Bertz CT molecular complexity index is 1470. The smallest absolute Gasteiger partial charge is 0.242 e. The number of unbranched alkanes of at least 4 members (excludes halogenated alkanes) is 1. The van der Waals surface area contributed by atoms with Gasteiger partial charge in [0.15, 0.2) is 0 Å². The lowest BCUT2D eigenvalue weighted by Gasteiger charge is -2.19. The van der Waals surface area contributed by atoms with Crippen LogP contribution in [0, 0.1) is 11.8 Å². The summed E-state index contributed by atoms with van der Waals surface area (Å²) in [4.78, 5) is 51.0. The average molecular weight is 615 g/mol. The molecule has 2 atom stereocenters. The first-order valence-corrected chi connectivity index (χ1v) is 15.8. The first-order valence-electron chi connectivity index (χ1n) is 15.8. The van der Waals surface area contributed by atoms with Gasteiger partial charge in [-0.3, -0.25) is 40.9 Å². The van der Waals surface area contributed by atoms with E-state index in [1.165, 1.54) is 0 Å². The molecule has 4 aromatic carbocycles. The highest BCUT2D eigenvalue weighted by Gasteiger charge is 2.61. The van der Waals surface area contributed by atoms with Crippen LogP contribution < -0.4 is 21.7 Å². The van der Waals surface area contributed by atoms with E-state index in [9.17, 15) is 19.2 Å². The van der Waals surface area contributed by atoms with E-state index in [1.807, 2.05) is 121 Å². The van der Waals surface area contributed by atoms with Crippen molar-refractivity contribution in [3.05, 3.63) is 144 Å². The van der Waals surface area contributed by atoms with Gasteiger partial charge in [0, 0.05) is 23.7 Å². The number of hydrogen-bond acceptors (Lipinski definition) is 4. The van der Waals surface area contributed by atoms with Crippen molar-refractivity contribution in [2.45, 2.75) is 49.4 Å². The van der Waals surface area contributed by atoms with Gasteiger partial charge >= 0.3 is 0 Å². The van der Waals surface area contributed by atoms with Gasteiger partial charge in [-0.15, -0.1) is 0 Å². The molecular formula is C38H38N4O4. The first kappa shape index (κ1) is 30.8. The van der Waals surface area contributed by atoms with E-state index in [2.05, 4.69) is 21.7 Å². The summed E-state index contributed by atoms with van der Waals surface area (Å²) in [6.07, 6.45) is 2.55. The molecule has 0 aromatic heterocycles. The summed E-state index contributed by atoms with van der Waals surface area (Å²) in [5.74, 6) is -1.68. The van der Waals surface area contributed by atoms with Crippen LogP contribution in [0.2, 0.25) is 0 Å². The number of nitrogens with one attached hydrogen (secondary N) is 4. The highest BCUT2D eigenvalue weighted by molar-refractivity contribution is 5.89. The van der Waals surface area contributed by atoms with E-state index in [0.29, 0.717) is 25.7 Å². The maximum Gasteiger partial charge on any atom is 0.242 e. The summed E-state index contributed by atoms with van der Waals surface area (Å²) in [6.45, 7) is 0. The Hall–Kier alpha value is -5.24. The highest BCUT2D eigenvalue weighted by Crippen LogP contribution is 2.59. The molecule has 234 valence electrons. The number of carbonyl (C=O) groups is 4. The topological polar surface area (TPSA) is 116 Å². The zero-order valence-corrected chi connectivity index (χ0v) is 25.6. The fourth-order valence-corrected chi connectivity index (χ4v) is 6.84. The van der Waals surface area contributed by atoms with Gasteiger partial charge in [0.05, 0.1) is 11.8 Å². The van der Waals surface area contributed by atoms with Crippen LogP contribution in [0.5, 0.6) is 0 Å². The van der Waals surface area contributed by atoms with Gasteiger partial charge in [-0.2, -0.15) is 0 Å². The van der Waals surface area contributed by atoms with Gasteiger partial charge in [0.25, 0.3) is 0 Å². The Morgan fingerprint density at radius 2 is 0.739 bits per heavy atom. The van der Waals surface area contributed by atoms with Crippen molar-refractivity contribution < 1.29 is 19.2 Å². The van der Waals surface area contributed by atoms with E-state index in [4.69, 9.17) is 0 Å². The maximum absolute atomic E-state index is 13.1. The van der Waals surface area contributed by atoms with Gasteiger partial charge in [0.1, 0.15) is 0 Å². The standard InChI is InChI=1S/C38H38N4O4/c43-33(39-41-35(45)31-25-37(31,27-15-5-1-6-16-27)28-17-7-2-8-18-28)23-13-14-24-34(44)40-42-36(46)32-26-38(32,29-19-9-3-10-20-29)30-21-11-4-12-22-30/h1-12,15-22,31-32H,13-14,23-26H2,(H,39,43)(H,40,44)(H,41,45)(H,42,46)/t31-,32+. The van der Waals surface area contributed by atoms with E-state index in [-0.39, 0.29) is 48.3 Å². The number of rotatable bonds is 11. The minimum absolute atomic E-state index is 0.159. The second kappa shape index (κ2) is 13.4. The third-order valence-electron chi connectivity index (χ3n) is 9.42. The van der Waals surface area contributed by atoms with Crippen molar-refractivity contribution >= 4 is 23.6 Å². The van der Waals surface area contributed by atoms with Crippen LogP contribution in [-0.2, 0) is 30.0 Å². The molecule has 8 nitrogen and oxygen atoms in total. The monoisotopic (exact) mass is 614 g/mol. The van der Waals surface area contributed by atoms with Crippen molar-refractivity contribution in [1.82, 2.24) is 21.7 Å². The zero-order chi connectivity index (χ0) is 32.0. The van der Waals surface area contributed by atoms with Crippen molar-refractivity contribution in [3.63, 3.8) is 0 Å². The molecule has 2 fully saturated rings. The maximum atomic E-state index is 13.1. The number of hydrazine groups is 2. The lowest BCUT2D eigenvalue weighted by atomic mass is 9.85. The fraction of sp³-hybridized carbons (Fsp3) is 0.263. The SMILES string of the molecule is O=C(CCCCC(=O)NNC(=O)[C@@H]1CC1(c1ccccc1)c1ccccc1)NNC(=O)[C@H]1CC1(c1ccccc1)c1ccccc1. The fourth-order valence-electron chi connectivity index (χ4n) is 6.84.